The van der Waals surface area contributed by atoms with E-state index < -0.39 is 5.91 Å². The number of carbonyl (C=O) groups is 2. The average Bonchev–Trinajstić information content (AvgIpc) is 2.91. The molecule has 2 heterocycles. The second kappa shape index (κ2) is 6.87. The number of hydrogen-bond donors (Lipinski definition) is 3. The number of pyridine rings is 1. The van der Waals surface area contributed by atoms with Crippen LogP contribution in [0.25, 0.3) is 5.65 Å². The van der Waals surface area contributed by atoms with E-state index in [0.717, 1.165) is 4.68 Å². The first kappa shape index (κ1) is 16.2. The van der Waals surface area contributed by atoms with Crippen LogP contribution in [0.1, 0.15) is 0 Å². The second-order valence-electron chi connectivity index (χ2n) is 5.20. The molecular weight excluding hydrogens is 324 g/mol. The summed E-state index contributed by atoms with van der Waals surface area (Å²) in [5.41, 5.74) is 1.11. The molecule has 9 nitrogen and oxygen atoms in total. The first-order chi connectivity index (χ1) is 12.1. The highest BCUT2D eigenvalue weighted by Crippen LogP contribution is 2.15. The van der Waals surface area contributed by atoms with Gasteiger partial charge in [0.1, 0.15) is 6.54 Å². The number of fused-ring (bicyclic) bond motifs is 1. The molecule has 3 rings (SSSR count). The number of rotatable bonds is 4. The summed E-state index contributed by atoms with van der Waals surface area (Å²) in [7, 11) is 1.51. The quantitative estimate of drug-likeness (QED) is 0.655. The third-order valence-corrected chi connectivity index (χ3v) is 3.41. The Kier molecular flexibility index (Phi) is 4.46. The normalized spacial score (nSPS) is 10.4. The summed E-state index contributed by atoms with van der Waals surface area (Å²) in [5.74, 6) is -0.400. The first-order valence-corrected chi connectivity index (χ1v) is 7.49. The predicted octanol–water partition coefficient (Wildman–Crippen LogP) is 0.886. The number of anilines is 2. The molecule has 0 spiro atoms. The van der Waals surface area contributed by atoms with E-state index in [0.29, 0.717) is 17.0 Å². The SMILES string of the molecule is CNC(=O)Nc1cccc(NC(=O)Cn2nc3ccccn3c2=O)c1. The molecule has 0 saturated heterocycles. The summed E-state index contributed by atoms with van der Waals surface area (Å²) in [6, 6.07) is 11.5. The van der Waals surface area contributed by atoms with Crippen LogP contribution in [-0.2, 0) is 11.3 Å². The molecule has 3 N–H and O–H groups in total. The van der Waals surface area contributed by atoms with Crippen molar-refractivity contribution in [2.45, 2.75) is 6.54 Å². The molecule has 3 aromatic rings. The zero-order valence-electron chi connectivity index (χ0n) is 13.4. The molecule has 2 aromatic heterocycles. The molecule has 0 aliphatic heterocycles. The Balaban J connectivity index is 1.72. The average molecular weight is 340 g/mol. The number of urea groups is 1. The van der Waals surface area contributed by atoms with Crippen LogP contribution in [0.3, 0.4) is 0 Å². The monoisotopic (exact) mass is 340 g/mol. The van der Waals surface area contributed by atoms with Crippen LogP contribution in [0.4, 0.5) is 16.2 Å². The minimum absolute atomic E-state index is 0.215. The summed E-state index contributed by atoms with van der Waals surface area (Å²) >= 11 is 0. The largest absolute Gasteiger partial charge is 0.350 e. The fourth-order valence-corrected chi connectivity index (χ4v) is 2.28. The third kappa shape index (κ3) is 3.66. The van der Waals surface area contributed by atoms with Crippen molar-refractivity contribution in [3.05, 3.63) is 59.1 Å². The Labute approximate surface area is 142 Å². The highest BCUT2D eigenvalue weighted by Gasteiger charge is 2.11. The maximum Gasteiger partial charge on any atom is 0.350 e. The molecule has 1 aromatic carbocycles. The van der Waals surface area contributed by atoms with Gasteiger partial charge in [-0.2, -0.15) is 0 Å². The van der Waals surface area contributed by atoms with Gasteiger partial charge in [-0.05, 0) is 30.3 Å². The van der Waals surface area contributed by atoms with Gasteiger partial charge in [-0.1, -0.05) is 12.1 Å². The number of nitrogens with one attached hydrogen (secondary N) is 3. The van der Waals surface area contributed by atoms with E-state index in [4.69, 9.17) is 0 Å². The molecule has 0 aliphatic rings. The molecule has 0 aliphatic carbocycles. The predicted molar refractivity (Wildman–Crippen MR) is 92.6 cm³/mol. The summed E-state index contributed by atoms with van der Waals surface area (Å²) in [6.45, 7) is -0.215. The van der Waals surface area contributed by atoms with Crippen LogP contribution in [0, 0.1) is 0 Å². The van der Waals surface area contributed by atoms with Gasteiger partial charge < -0.3 is 16.0 Å². The van der Waals surface area contributed by atoms with Crippen molar-refractivity contribution < 1.29 is 9.59 Å². The number of nitrogens with zero attached hydrogens (tertiary/aromatic N) is 3. The lowest BCUT2D eigenvalue weighted by molar-refractivity contribution is -0.117. The minimum atomic E-state index is -0.400. The van der Waals surface area contributed by atoms with E-state index >= 15 is 0 Å². The van der Waals surface area contributed by atoms with Crippen LogP contribution < -0.4 is 21.6 Å². The van der Waals surface area contributed by atoms with Crippen molar-refractivity contribution in [1.29, 1.82) is 0 Å². The molecule has 0 fully saturated rings. The van der Waals surface area contributed by atoms with Gasteiger partial charge in [0.05, 0.1) is 0 Å². The fourth-order valence-electron chi connectivity index (χ4n) is 2.28. The van der Waals surface area contributed by atoms with Gasteiger partial charge in [0.25, 0.3) is 0 Å². The zero-order chi connectivity index (χ0) is 17.8. The van der Waals surface area contributed by atoms with Crippen LogP contribution in [-0.4, -0.2) is 33.2 Å². The maximum atomic E-state index is 12.2. The second-order valence-corrected chi connectivity index (χ2v) is 5.20. The minimum Gasteiger partial charge on any atom is -0.341 e. The van der Waals surface area contributed by atoms with E-state index in [1.165, 1.54) is 11.4 Å². The number of aromatic nitrogens is 3. The Morgan fingerprint density at radius 1 is 1.08 bits per heavy atom. The molecular formula is C16H16N6O3. The van der Waals surface area contributed by atoms with Gasteiger partial charge >= 0.3 is 11.7 Å². The van der Waals surface area contributed by atoms with Gasteiger partial charge in [0, 0.05) is 24.6 Å². The van der Waals surface area contributed by atoms with Crippen molar-refractivity contribution >= 4 is 29.0 Å². The lowest BCUT2D eigenvalue weighted by Gasteiger charge is -2.08. The molecule has 25 heavy (non-hydrogen) atoms. The lowest BCUT2D eigenvalue weighted by Crippen LogP contribution is -2.28. The molecule has 0 atom stereocenters. The van der Waals surface area contributed by atoms with Gasteiger partial charge in [-0.25, -0.2) is 14.3 Å². The molecule has 9 heteroatoms. The summed E-state index contributed by atoms with van der Waals surface area (Å²) < 4.78 is 2.46. The van der Waals surface area contributed by atoms with E-state index in [-0.39, 0.29) is 18.3 Å². The first-order valence-electron chi connectivity index (χ1n) is 7.49. The third-order valence-electron chi connectivity index (χ3n) is 3.41. The number of hydrogen-bond acceptors (Lipinski definition) is 4. The number of carbonyl (C=O) groups excluding carboxylic acids is 2. The molecule has 128 valence electrons. The van der Waals surface area contributed by atoms with Crippen molar-refractivity contribution in [3.63, 3.8) is 0 Å². The van der Waals surface area contributed by atoms with Crippen molar-refractivity contribution in [1.82, 2.24) is 19.5 Å². The van der Waals surface area contributed by atoms with Gasteiger partial charge in [-0.15, -0.1) is 5.10 Å². The van der Waals surface area contributed by atoms with E-state index in [2.05, 4.69) is 21.0 Å². The molecule has 0 saturated carbocycles. The highest BCUT2D eigenvalue weighted by molar-refractivity contribution is 5.93. The maximum absolute atomic E-state index is 12.2. The lowest BCUT2D eigenvalue weighted by atomic mass is 10.2. The Hall–Kier alpha value is -3.62. The van der Waals surface area contributed by atoms with Gasteiger partial charge in [0.15, 0.2) is 5.65 Å². The van der Waals surface area contributed by atoms with Crippen LogP contribution in [0.5, 0.6) is 0 Å². The smallest absolute Gasteiger partial charge is 0.341 e. The van der Waals surface area contributed by atoms with Crippen molar-refractivity contribution in [2.24, 2.45) is 0 Å². The molecule has 3 amide bonds. The standard InChI is InChI=1S/C16H16N6O3/c1-17-15(24)19-12-6-4-5-11(9-12)18-14(23)10-22-16(25)21-8-3-2-7-13(21)20-22/h2-9H,10H2,1H3,(H,18,23)(H2,17,19,24). The van der Waals surface area contributed by atoms with Gasteiger partial charge in [-0.3, -0.25) is 9.20 Å². The molecule has 0 radical (unpaired) electrons. The molecule has 0 bridgehead atoms. The summed E-state index contributed by atoms with van der Waals surface area (Å²) in [4.78, 5) is 35.7. The topological polar surface area (TPSA) is 110 Å². The zero-order valence-corrected chi connectivity index (χ0v) is 13.4. The number of benzene rings is 1. The summed E-state index contributed by atoms with van der Waals surface area (Å²) in [6.07, 6.45) is 1.59. The Morgan fingerprint density at radius 2 is 1.84 bits per heavy atom. The van der Waals surface area contributed by atoms with E-state index in [9.17, 15) is 14.4 Å². The molecule has 0 unspecified atom stereocenters. The Bertz CT molecular complexity index is 991. The van der Waals surface area contributed by atoms with Crippen LogP contribution >= 0.6 is 0 Å². The van der Waals surface area contributed by atoms with Crippen molar-refractivity contribution in [3.8, 4) is 0 Å². The highest BCUT2D eigenvalue weighted by atomic mass is 16.2. The van der Waals surface area contributed by atoms with Gasteiger partial charge in [0.2, 0.25) is 5.91 Å². The Morgan fingerprint density at radius 3 is 2.56 bits per heavy atom. The van der Waals surface area contributed by atoms with Crippen molar-refractivity contribution in [2.75, 3.05) is 17.7 Å². The number of amides is 3. The van der Waals surface area contributed by atoms with E-state index in [1.807, 2.05) is 0 Å². The van der Waals surface area contributed by atoms with Crippen LogP contribution in [0.2, 0.25) is 0 Å². The van der Waals surface area contributed by atoms with Crippen LogP contribution in [0.15, 0.2) is 53.5 Å². The van der Waals surface area contributed by atoms with E-state index in [1.54, 1.807) is 48.7 Å². The fraction of sp³-hybridized carbons (Fsp3) is 0.125. The summed E-state index contributed by atoms with van der Waals surface area (Å²) in [5, 5.41) is 11.8.